The zero-order valence-electron chi connectivity index (χ0n) is 11.1. The van der Waals surface area contributed by atoms with Crippen molar-refractivity contribution < 1.29 is 4.74 Å². The van der Waals surface area contributed by atoms with Crippen LogP contribution in [0.5, 0.6) is 0 Å². The van der Waals surface area contributed by atoms with Crippen molar-refractivity contribution in [3.8, 4) is 0 Å². The van der Waals surface area contributed by atoms with E-state index in [1.807, 2.05) is 0 Å². The SMILES string of the molecule is CC1(CNc2ccccc2N2CCCC2)COC1. The summed E-state index contributed by atoms with van der Waals surface area (Å²) in [5, 5.41) is 3.61. The van der Waals surface area contributed by atoms with E-state index in [2.05, 4.69) is 41.4 Å². The molecule has 3 nitrogen and oxygen atoms in total. The van der Waals surface area contributed by atoms with Crippen LogP contribution in [0.1, 0.15) is 19.8 Å². The Morgan fingerprint density at radius 1 is 1.22 bits per heavy atom. The molecule has 0 aliphatic carbocycles. The second-order valence-corrected chi connectivity index (χ2v) is 5.87. The summed E-state index contributed by atoms with van der Waals surface area (Å²) in [6.45, 7) is 7.43. The lowest BCUT2D eigenvalue weighted by Gasteiger charge is -2.38. The summed E-state index contributed by atoms with van der Waals surface area (Å²) in [5.41, 5.74) is 2.95. The fraction of sp³-hybridized carbons (Fsp3) is 0.600. The van der Waals surface area contributed by atoms with Crippen LogP contribution in [0.3, 0.4) is 0 Å². The lowest BCUT2D eigenvalue weighted by atomic mass is 9.88. The van der Waals surface area contributed by atoms with Crippen molar-refractivity contribution in [3.05, 3.63) is 24.3 Å². The van der Waals surface area contributed by atoms with Crippen molar-refractivity contribution in [3.63, 3.8) is 0 Å². The number of nitrogens with zero attached hydrogens (tertiary/aromatic N) is 1. The summed E-state index contributed by atoms with van der Waals surface area (Å²) in [7, 11) is 0. The van der Waals surface area contributed by atoms with Crippen LogP contribution in [0.2, 0.25) is 0 Å². The second-order valence-electron chi connectivity index (χ2n) is 5.87. The highest BCUT2D eigenvalue weighted by Gasteiger charge is 2.33. The molecule has 2 aliphatic heterocycles. The lowest BCUT2D eigenvalue weighted by Crippen LogP contribution is -2.45. The van der Waals surface area contributed by atoms with Crippen LogP contribution in [0.15, 0.2) is 24.3 Å². The predicted molar refractivity (Wildman–Crippen MR) is 75.3 cm³/mol. The molecule has 2 saturated heterocycles. The zero-order chi connectivity index (χ0) is 12.4. The molecule has 0 saturated carbocycles. The van der Waals surface area contributed by atoms with Gasteiger partial charge < -0.3 is 15.0 Å². The lowest BCUT2D eigenvalue weighted by molar-refractivity contribution is -0.0924. The number of rotatable bonds is 4. The molecule has 0 radical (unpaired) electrons. The molecule has 0 spiro atoms. The molecule has 0 aromatic heterocycles. The highest BCUT2D eigenvalue weighted by molar-refractivity contribution is 5.70. The van der Waals surface area contributed by atoms with Gasteiger partial charge in [-0.05, 0) is 25.0 Å². The van der Waals surface area contributed by atoms with Crippen LogP contribution in [0.25, 0.3) is 0 Å². The molecule has 1 aromatic rings. The Hall–Kier alpha value is -1.22. The highest BCUT2D eigenvalue weighted by atomic mass is 16.5. The second kappa shape index (κ2) is 4.81. The van der Waals surface area contributed by atoms with Gasteiger partial charge in [0.25, 0.3) is 0 Å². The van der Waals surface area contributed by atoms with Gasteiger partial charge in [-0.3, -0.25) is 0 Å². The average Bonchev–Trinajstić information content (AvgIpc) is 2.88. The Morgan fingerprint density at radius 3 is 2.61 bits per heavy atom. The Kier molecular flexibility index (Phi) is 3.16. The minimum absolute atomic E-state index is 0.318. The molecule has 0 bridgehead atoms. The molecule has 2 heterocycles. The average molecular weight is 246 g/mol. The molecule has 1 N–H and O–H groups in total. The predicted octanol–water partition coefficient (Wildman–Crippen LogP) is 2.74. The number of ether oxygens (including phenoxy) is 1. The summed E-state index contributed by atoms with van der Waals surface area (Å²) in [6.07, 6.45) is 2.64. The first-order valence-corrected chi connectivity index (χ1v) is 6.92. The summed E-state index contributed by atoms with van der Waals surface area (Å²) in [4.78, 5) is 2.49. The number of hydrogen-bond acceptors (Lipinski definition) is 3. The molecule has 0 atom stereocenters. The maximum Gasteiger partial charge on any atom is 0.0602 e. The van der Waals surface area contributed by atoms with Gasteiger partial charge in [0.05, 0.1) is 24.6 Å². The Labute approximate surface area is 109 Å². The monoisotopic (exact) mass is 246 g/mol. The van der Waals surface area contributed by atoms with E-state index in [9.17, 15) is 0 Å². The highest BCUT2D eigenvalue weighted by Crippen LogP contribution is 2.31. The molecule has 0 unspecified atom stereocenters. The van der Waals surface area contributed by atoms with Crippen LogP contribution in [-0.2, 0) is 4.74 Å². The molecule has 3 heteroatoms. The molecule has 1 aromatic carbocycles. The molecular formula is C15H22N2O. The fourth-order valence-corrected chi connectivity index (χ4v) is 2.72. The smallest absolute Gasteiger partial charge is 0.0602 e. The minimum Gasteiger partial charge on any atom is -0.383 e. The van der Waals surface area contributed by atoms with Gasteiger partial charge in [0.1, 0.15) is 0 Å². The standard InChI is InChI=1S/C15H22N2O/c1-15(11-18-12-15)10-16-13-6-2-3-7-14(13)17-8-4-5-9-17/h2-3,6-7,16H,4-5,8-12H2,1H3. The van der Waals surface area contributed by atoms with Crippen molar-refractivity contribution >= 4 is 11.4 Å². The maximum atomic E-state index is 5.31. The van der Waals surface area contributed by atoms with E-state index in [4.69, 9.17) is 4.74 Å². The Balaban J connectivity index is 1.70. The molecule has 2 fully saturated rings. The maximum absolute atomic E-state index is 5.31. The molecule has 18 heavy (non-hydrogen) atoms. The number of anilines is 2. The van der Waals surface area contributed by atoms with Crippen LogP contribution >= 0.6 is 0 Å². The van der Waals surface area contributed by atoms with E-state index in [1.54, 1.807) is 0 Å². The number of hydrogen-bond donors (Lipinski definition) is 1. The molecule has 3 rings (SSSR count). The van der Waals surface area contributed by atoms with Gasteiger partial charge in [-0.1, -0.05) is 19.1 Å². The summed E-state index contributed by atoms with van der Waals surface area (Å²) >= 11 is 0. The molecule has 98 valence electrons. The topological polar surface area (TPSA) is 24.5 Å². The third-order valence-electron chi connectivity index (χ3n) is 3.96. The van der Waals surface area contributed by atoms with Crippen LogP contribution in [0.4, 0.5) is 11.4 Å². The van der Waals surface area contributed by atoms with Gasteiger partial charge in [0, 0.05) is 25.0 Å². The van der Waals surface area contributed by atoms with Gasteiger partial charge in [-0.2, -0.15) is 0 Å². The zero-order valence-corrected chi connectivity index (χ0v) is 11.1. The minimum atomic E-state index is 0.318. The summed E-state index contributed by atoms with van der Waals surface area (Å²) in [6, 6.07) is 8.66. The normalized spacial score (nSPS) is 21.7. The van der Waals surface area contributed by atoms with Crippen molar-refractivity contribution in [2.24, 2.45) is 5.41 Å². The number of nitrogens with one attached hydrogen (secondary N) is 1. The fourth-order valence-electron chi connectivity index (χ4n) is 2.72. The number of benzene rings is 1. The van der Waals surface area contributed by atoms with Gasteiger partial charge in [-0.15, -0.1) is 0 Å². The Morgan fingerprint density at radius 2 is 1.94 bits per heavy atom. The van der Waals surface area contributed by atoms with Gasteiger partial charge in [-0.25, -0.2) is 0 Å². The molecule has 0 amide bonds. The number of para-hydroxylation sites is 2. The van der Waals surface area contributed by atoms with Crippen molar-refractivity contribution in [1.29, 1.82) is 0 Å². The van der Waals surface area contributed by atoms with E-state index in [0.29, 0.717) is 5.41 Å². The first-order chi connectivity index (χ1) is 8.77. The first kappa shape index (κ1) is 11.8. The first-order valence-electron chi connectivity index (χ1n) is 6.92. The van der Waals surface area contributed by atoms with Gasteiger partial charge in [0.2, 0.25) is 0 Å². The van der Waals surface area contributed by atoms with E-state index < -0.39 is 0 Å². The van der Waals surface area contributed by atoms with Gasteiger partial charge >= 0.3 is 0 Å². The van der Waals surface area contributed by atoms with E-state index >= 15 is 0 Å². The summed E-state index contributed by atoms with van der Waals surface area (Å²) < 4.78 is 5.31. The third kappa shape index (κ3) is 2.32. The van der Waals surface area contributed by atoms with Crippen molar-refractivity contribution in [1.82, 2.24) is 0 Å². The quantitative estimate of drug-likeness (QED) is 0.884. The van der Waals surface area contributed by atoms with Crippen LogP contribution < -0.4 is 10.2 Å². The van der Waals surface area contributed by atoms with Gasteiger partial charge in [0.15, 0.2) is 0 Å². The van der Waals surface area contributed by atoms with E-state index in [-0.39, 0.29) is 0 Å². The Bertz CT molecular complexity index is 409. The van der Waals surface area contributed by atoms with E-state index in [1.165, 1.54) is 37.3 Å². The largest absolute Gasteiger partial charge is 0.383 e. The van der Waals surface area contributed by atoms with E-state index in [0.717, 1.165) is 19.8 Å². The molecular weight excluding hydrogens is 224 g/mol. The van der Waals surface area contributed by atoms with Crippen LogP contribution in [0, 0.1) is 5.41 Å². The third-order valence-corrected chi connectivity index (χ3v) is 3.96. The van der Waals surface area contributed by atoms with Crippen molar-refractivity contribution in [2.75, 3.05) is 43.1 Å². The molecule has 2 aliphatic rings. The summed E-state index contributed by atoms with van der Waals surface area (Å²) in [5.74, 6) is 0. The van der Waals surface area contributed by atoms with Crippen LogP contribution in [-0.4, -0.2) is 32.8 Å². The van der Waals surface area contributed by atoms with Crippen molar-refractivity contribution in [2.45, 2.75) is 19.8 Å².